The molecule has 10 nitrogen and oxygen atoms in total. The smallest absolute Gasteiger partial charge is 0.300 e. The molecule has 7 N–H and O–H groups in total. The fourth-order valence-corrected chi connectivity index (χ4v) is 0.300. The van der Waals surface area contributed by atoms with E-state index in [1.165, 1.54) is 0 Å². The lowest BCUT2D eigenvalue weighted by Gasteiger charge is -2.23. The lowest BCUT2D eigenvalue weighted by molar-refractivity contribution is -0.135. The van der Waals surface area contributed by atoms with Crippen molar-refractivity contribution in [2.24, 2.45) is 5.41 Å². The van der Waals surface area contributed by atoms with Crippen LogP contribution in [0, 0.1) is 5.41 Å². The number of carbonyl (C=O) groups is 3. The molecule has 10 heteroatoms. The van der Waals surface area contributed by atoms with Crippen molar-refractivity contribution in [3.63, 3.8) is 0 Å². The number of rotatable bonds is 4. The van der Waals surface area contributed by atoms with Crippen LogP contribution < -0.4 is 0 Å². The Bertz CT molecular complexity index is 214. The minimum Gasteiger partial charge on any atom is -0.481 e. The summed E-state index contributed by atoms with van der Waals surface area (Å²) in [5.74, 6) is -2.50. The molecule has 0 atom stereocenters. The Morgan fingerprint density at radius 3 is 0.714 bits per heavy atom. The highest BCUT2D eigenvalue weighted by molar-refractivity contribution is 5.63. The molecule has 0 rings (SSSR count). The van der Waals surface area contributed by atoms with Crippen LogP contribution in [0.1, 0.15) is 20.8 Å². The summed E-state index contributed by atoms with van der Waals surface area (Å²) in [6.07, 6.45) is 0. The number of carboxylic acid groups (broad SMARTS) is 3. The van der Waals surface area contributed by atoms with Crippen molar-refractivity contribution in [1.29, 1.82) is 0 Å². The first-order valence-electron chi connectivity index (χ1n) is 5.46. The Hall–Kier alpha value is -1.75. The lowest BCUT2D eigenvalue weighted by Crippen LogP contribution is -2.37. The van der Waals surface area contributed by atoms with Gasteiger partial charge in [-0.2, -0.15) is 0 Å². The standard InChI is InChI=1S/C5H12O4.3C2H4O2/c6-1-5(2-7,3-8)4-9;3*1-2(3)4/h6-9H,1-4H2;3*1H3,(H,3,4). The molecular formula is C11H24O10. The number of aliphatic carboxylic acids is 3. The van der Waals surface area contributed by atoms with E-state index in [2.05, 4.69) is 0 Å². The van der Waals surface area contributed by atoms with Crippen molar-refractivity contribution in [1.82, 2.24) is 0 Å². The summed E-state index contributed by atoms with van der Waals surface area (Å²) in [5.41, 5.74) is -1.11. The van der Waals surface area contributed by atoms with Crippen molar-refractivity contribution in [2.75, 3.05) is 26.4 Å². The van der Waals surface area contributed by atoms with E-state index in [1.807, 2.05) is 0 Å². The van der Waals surface area contributed by atoms with Crippen LogP contribution in [0.5, 0.6) is 0 Å². The zero-order valence-corrected chi connectivity index (χ0v) is 12.2. The average molecular weight is 316 g/mol. The van der Waals surface area contributed by atoms with Crippen molar-refractivity contribution in [3.8, 4) is 0 Å². The van der Waals surface area contributed by atoms with Gasteiger partial charge in [-0.15, -0.1) is 0 Å². The van der Waals surface area contributed by atoms with Crippen LogP contribution in [-0.2, 0) is 14.4 Å². The Balaban J connectivity index is -0.000000102. The first-order valence-corrected chi connectivity index (χ1v) is 5.46. The van der Waals surface area contributed by atoms with Crippen LogP contribution in [0.15, 0.2) is 0 Å². The Kier molecular flexibility index (Phi) is 24.0. The first-order chi connectivity index (χ1) is 9.44. The molecule has 128 valence electrons. The number of aliphatic hydroxyl groups excluding tert-OH is 4. The van der Waals surface area contributed by atoms with E-state index in [-0.39, 0.29) is 0 Å². The van der Waals surface area contributed by atoms with Gasteiger partial charge in [0.1, 0.15) is 0 Å². The van der Waals surface area contributed by atoms with E-state index in [9.17, 15) is 0 Å². The van der Waals surface area contributed by atoms with Crippen LogP contribution in [0.4, 0.5) is 0 Å². The van der Waals surface area contributed by atoms with E-state index < -0.39 is 49.8 Å². The fraction of sp³-hybridized carbons (Fsp3) is 0.727. The van der Waals surface area contributed by atoms with Gasteiger partial charge in [0, 0.05) is 20.8 Å². The molecule has 0 aromatic rings. The summed E-state index contributed by atoms with van der Waals surface area (Å²) in [6.45, 7) is 1.62. The number of hydrogen-bond donors (Lipinski definition) is 7. The third-order valence-corrected chi connectivity index (χ3v) is 1.34. The second kappa shape index (κ2) is 18.2. The summed E-state index contributed by atoms with van der Waals surface area (Å²) in [5, 5.41) is 56.2. The monoisotopic (exact) mass is 316 g/mol. The molecule has 0 aromatic heterocycles. The molecule has 0 radical (unpaired) electrons. The van der Waals surface area contributed by atoms with Crippen LogP contribution in [0.3, 0.4) is 0 Å². The van der Waals surface area contributed by atoms with Gasteiger partial charge in [-0.25, -0.2) is 0 Å². The predicted octanol–water partition coefficient (Wildman–Crippen LogP) is -1.79. The topological polar surface area (TPSA) is 193 Å². The molecule has 0 bridgehead atoms. The molecular weight excluding hydrogens is 292 g/mol. The highest BCUT2D eigenvalue weighted by atomic mass is 16.4. The number of carboxylic acids is 3. The summed E-state index contributed by atoms with van der Waals surface area (Å²) >= 11 is 0. The summed E-state index contributed by atoms with van der Waals surface area (Å²) in [6, 6.07) is 0. The van der Waals surface area contributed by atoms with Gasteiger partial charge in [0.25, 0.3) is 17.9 Å². The molecule has 0 saturated heterocycles. The Morgan fingerprint density at radius 2 is 0.714 bits per heavy atom. The van der Waals surface area contributed by atoms with Gasteiger partial charge in [0.15, 0.2) is 0 Å². The minimum absolute atomic E-state index is 0.406. The quantitative estimate of drug-likeness (QED) is 0.311. The zero-order valence-electron chi connectivity index (χ0n) is 12.2. The third kappa shape index (κ3) is 45.9. The average Bonchev–Trinajstić information content (AvgIpc) is 2.30. The fourth-order valence-electron chi connectivity index (χ4n) is 0.300. The number of aliphatic hydroxyl groups is 4. The first kappa shape index (κ1) is 27.6. The summed E-state index contributed by atoms with van der Waals surface area (Å²) in [7, 11) is 0. The van der Waals surface area contributed by atoms with Gasteiger partial charge in [0.2, 0.25) is 0 Å². The number of hydrogen-bond acceptors (Lipinski definition) is 7. The van der Waals surface area contributed by atoms with E-state index in [4.69, 9.17) is 50.1 Å². The molecule has 0 amide bonds. The second-order valence-electron chi connectivity index (χ2n) is 3.69. The Labute approximate surface area is 121 Å². The van der Waals surface area contributed by atoms with Gasteiger partial charge in [-0.3, -0.25) is 14.4 Å². The van der Waals surface area contributed by atoms with Crippen LogP contribution in [0.2, 0.25) is 0 Å². The molecule has 0 saturated carbocycles. The van der Waals surface area contributed by atoms with Crippen molar-refractivity contribution in [3.05, 3.63) is 0 Å². The minimum atomic E-state index is -1.11. The van der Waals surface area contributed by atoms with Crippen molar-refractivity contribution < 1.29 is 50.1 Å². The molecule has 0 aliphatic carbocycles. The SMILES string of the molecule is CC(=O)O.CC(=O)O.CC(=O)O.OCC(CO)(CO)CO. The zero-order chi connectivity index (χ0) is 18.1. The summed E-state index contributed by atoms with van der Waals surface area (Å²) < 4.78 is 0. The maximum Gasteiger partial charge on any atom is 0.300 e. The van der Waals surface area contributed by atoms with Gasteiger partial charge >= 0.3 is 0 Å². The maximum atomic E-state index is 9.00. The molecule has 0 aromatic carbocycles. The summed E-state index contributed by atoms with van der Waals surface area (Å²) in [4.78, 5) is 27.0. The van der Waals surface area contributed by atoms with E-state index in [0.29, 0.717) is 0 Å². The molecule has 0 spiro atoms. The van der Waals surface area contributed by atoms with Crippen molar-refractivity contribution in [2.45, 2.75) is 20.8 Å². The molecule has 0 fully saturated rings. The van der Waals surface area contributed by atoms with Gasteiger partial charge in [-0.05, 0) is 0 Å². The van der Waals surface area contributed by atoms with E-state index in [1.54, 1.807) is 0 Å². The lowest BCUT2D eigenvalue weighted by atomic mass is 9.93. The van der Waals surface area contributed by atoms with E-state index >= 15 is 0 Å². The normalized spacial score (nSPS) is 8.71. The molecule has 0 heterocycles. The molecule has 21 heavy (non-hydrogen) atoms. The molecule has 0 unspecified atom stereocenters. The van der Waals surface area contributed by atoms with Gasteiger partial charge in [0.05, 0.1) is 31.8 Å². The molecule has 0 aliphatic rings. The molecule has 0 aliphatic heterocycles. The largest absolute Gasteiger partial charge is 0.481 e. The second-order valence-corrected chi connectivity index (χ2v) is 3.69. The Morgan fingerprint density at radius 1 is 0.619 bits per heavy atom. The van der Waals surface area contributed by atoms with E-state index in [0.717, 1.165) is 20.8 Å². The van der Waals surface area contributed by atoms with Crippen LogP contribution in [0.25, 0.3) is 0 Å². The third-order valence-electron chi connectivity index (χ3n) is 1.34. The van der Waals surface area contributed by atoms with Crippen molar-refractivity contribution >= 4 is 17.9 Å². The maximum absolute atomic E-state index is 9.00. The van der Waals surface area contributed by atoms with Gasteiger partial charge in [-0.1, -0.05) is 0 Å². The van der Waals surface area contributed by atoms with Crippen LogP contribution in [-0.4, -0.2) is 80.1 Å². The highest BCUT2D eigenvalue weighted by Gasteiger charge is 2.26. The predicted molar refractivity (Wildman–Crippen MR) is 70.7 cm³/mol. The van der Waals surface area contributed by atoms with Crippen LogP contribution >= 0.6 is 0 Å². The highest BCUT2D eigenvalue weighted by Crippen LogP contribution is 2.11. The van der Waals surface area contributed by atoms with Gasteiger partial charge < -0.3 is 35.7 Å².